The molecular weight excluding hydrogens is 965 g/mol. The molecule has 16 rings (SSSR count). The van der Waals surface area contributed by atoms with E-state index in [1.165, 1.54) is 111 Å². The number of rotatable bonds is 7. The lowest BCUT2D eigenvalue weighted by atomic mass is 9.70. The van der Waals surface area contributed by atoms with Crippen LogP contribution < -0.4 is 9.80 Å². The summed E-state index contributed by atoms with van der Waals surface area (Å²) in [5.74, 6) is 0. The Morgan fingerprint density at radius 2 is 0.487 bits per heavy atom. The molecule has 0 N–H and O–H groups in total. The summed E-state index contributed by atoms with van der Waals surface area (Å²) in [5, 5.41) is 0. The predicted octanol–water partition coefficient (Wildman–Crippen LogP) is 20.2. The first kappa shape index (κ1) is 46.3. The van der Waals surface area contributed by atoms with E-state index in [-0.39, 0.29) is 0 Å². The molecule has 80 heavy (non-hydrogen) atoms. The average Bonchev–Trinajstić information content (AvgIpc) is 4.26. The van der Waals surface area contributed by atoms with E-state index >= 15 is 0 Å². The van der Waals surface area contributed by atoms with Gasteiger partial charge in [0.1, 0.15) is 0 Å². The SMILES string of the molecule is Cc1cccc(N(c2ccc(-c3ccc(N(c4ccccc4)c4ccc5c(c4)C4(c6ccccc6-5)c5cc(C)ccc5-c5ccc(C)cc54)cc3)cc2)c2ccc3c(c2)C2(c4ccccc4-c4ccc(C)cc42)c2ccccc2-3)c1. The first-order valence-electron chi connectivity index (χ1n) is 28.1. The predicted molar refractivity (Wildman–Crippen MR) is 333 cm³/mol. The number of anilines is 6. The van der Waals surface area contributed by atoms with E-state index in [0.29, 0.717) is 0 Å². The van der Waals surface area contributed by atoms with Crippen molar-refractivity contribution >= 4 is 34.1 Å². The van der Waals surface area contributed by atoms with Crippen LogP contribution in [0.15, 0.2) is 267 Å². The Hall–Kier alpha value is -9.76. The van der Waals surface area contributed by atoms with E-state index in [2.05, 4.69) is 304 Å². The third-order valence-corrected chi connectivity index (χ3v) is 18.1. The fourth-order valence-electron chi connectivity index (χ4n) is 14.8. The van der Waals surface area contributed by atoms with Crippen LogP contribution in [-0.4, -0.2) is 0 Å². The molecule has 0 aliphatic heterocycles. The third-order valence-electron chi connectivity index (χ3n) is 18.1. The second-order valence-electron chi connectivity index (χ2n) is 22.7. The topological polar surface area (TPSA) is 6.48 Å². The summed E-state index contributed by atoms with van der Waals surface area (Å²) >= 11 is 0. The average molecular weight is 1020 g/mol. The van der Waals surface area contributed by atoms with Crippen LogP contribution in [0, 0.1) is 27.7 Å². The molecule has 4 aliphatic carbocycles. The highest BCUT2D eigenvalue weighted by Crippen LogP contribution is 2.65. The minimum Gasteiger partial charge on any atom is -0.310 e. The van der Waals surface area contributed by atoms with Gasteiger partial charge in [0, 0.05) is 34.1 Å². The van der Waals surface area contributed by atoms with Gasteiger partial charge in [0.15, 0.2) is 0 Å². The molecule has 0 aromatic heterocycles. The van der Waals surface area contributed by atoms with Crippen LogP contribution in [0.1, 0.15) is 66.8 Å². The number of fused-ring (bicyclic) bond motifs is 20. The summed E-state index contributed by atoms with van der Waals surface area (Å²) in [6.07, 6.45) is 0. The number of hydrogen-bond donors (Lipinski definition) is 0. The van der Waals surface area contributed by atoms with Crippen molar-refractivity contribution in [2.75, 3.05) is 9.80 Å². The Morgan fingerprint density at radius 1 is 0.200 bits per heavy atom. The van der Waals surface area contributed by atoms with Gasteiger partial charge in [-0.25, -0.2) is 0 Å². The van der Waals surface area contributed by atoms with E-state index in [1.54, 1.807) is 0 Å². The quantitative estimate of drug-likeness (QED) is 0.157. The van der Waals surface area contributed by atoms with E-state index < -0.39 is 10.8 Å². The Labute approximate surface area is 469 Å². The van der Waals surface area contributed by atoms with Crippen molar-refractivity contribution in [2.45, 2.75) is 38.5 Å². The summed E-state index contributed by atoms with van der Waals surface area (Å²) in [7, 11) is 0. The van der Waals surface area contributed by atoms with Crippen molar-refractivity contribution in [1.29, 1.82) is 0 Å². The minimum atomic E-state index is -0.444. The van der Waals surface area contributed by atoms with E-state index in [4.69, 9.17) is 0 Å². The van der Waals surface area contributed by atoms with E-state index in [9.17, 15) is 0 Å². The van der Waals surface area contributed by atoms with Crippen LogP contribution in [0.4, 0.5) is 34.1 Å². The minimum absolute atomic E-state index is 0.439. The van der Waals surface area contributed by atoms with Crippen LogP contribution >= 0.6 is 0 Å². The van der Waals surface area contributed by atoms with Gasteiger partial charge in [0.05, 0.1) is 10.8 Å². The first-order valence-corrected chi connectivity index (χ1v) is 28.1. The van der Waals surface area contributed by atoms with Crippen molar-refractivity contribution in [1.82, 2.24) is 0 Å². The maximum atomic E-state index is 2.49. The molecule has 0 saturated carbocycles. The molecule has 2 spiro atoms. The second-order valence-corrected chi connectivity index (χ2v) is 22.7. The van der Waals surface area contributed by atoms with Gasteiger partial charge in [-0.05, 0) is 206 Å². The molecule has 12 aromatic rings. The maximum absolute atomic E-state index is 2.49. The van der Waals surface area contributed by atoms with Gasteiger partial charge in [-0.1, -0.05) is 211 Å². The molecule has 1 unspecified atom stereocenters. The van der Waals surface area contributed by atoms with Gasteiger partial charge in [0.2, 0.25) is 0 Å². The van der Waals surface area contributed by atoms with Crippen molar-refractivity contribution in [3.05, 3.63) is 334 Å². The molecule has 12 aromatic carbocycles. The molecule has 0 saturated heterocycles. The van der Waals surface area contributed by atoms with Gasteiger partial charge in [0.25, 0.3) is 0 Å². The van der Waals surface area contributed by atoms with Crippen LogP contribution in [0.25, 0.3) is 55.6 Å². The highest BCUT2D eigenvalue weighted by molar-refractivity contribution is 5.99. The summed E-state index contributed by atoms with van der Waals surface area (Å²) in [4.78, 5) is 4.87. The van der Waals surface area contributed by atoms with Crippen molar-refractivity contribution in [3.8, 4) is 55.6 Å². The molecule has 0 radical (unpaired) electrons. The van der Waals surface area contributed by atoms with Gasteiger partial charge in [-0.3, -0.25) is 0 Å². The lowest BCUT2D eigenvalue weighted by molar-refractivity contribution is 0.791. The van der Waals surface area contributed by atoms with Crippen LogP contribution in [0.2, 0.25) is 0 Å². The second kappa shape index (κ2) is 17.4. The summed E-state index contributed by atoms with van der Waals surface area (Å²) in [5.41, 5.74) is 34.5. The molecule has 378 valence electrons. The van der Waals surface area contributed by atoms with Crippen LogP contribution in [-0.2, 0) is 10.8 Å². The number of benzene rings is 12. The molecule has 0 heterocycles. The molecule has 4 aliphatic rings. The Morgan fingerprint density at radius 3 is 0.912 bits per heavy atom. The lowest BCUT2D eigenvalue weighted by Crippen LogP contribution is -2.26. The standard InChI is InChI=1S/C78H56N2/c1-49-15-14-18-58(43-49)80(60-37-42-67-62-20-9-12-23-70(62)77(75(67)48-60)69-22-11-8-19-61(69)64-38-25-50(2)44-72(64)77)57-34-30-54(31-35-57)53-28-32-56(33-29-53)79(55-16-6-5-7-17-55)59-36-41-68-63-21-10-13-24-71(63)78(76(68)47-59)73-45-51(3)26-39-65(73)66-40-27-52(4)46-74(66)78/h5-48H,1-4H3. The zero-order valence-corrected chi connectivity index (χ0v) is 45.3. The molecule has 2 nitrogen and oxygen atoms in total. The summed E-state index contributed by atoms with van der Waals surface area (Å²) in [6.45, 7) is 8.87. The third kappa shape index (κ3) is 6.48. The van der Waals surface area contributed by atoms with Gasteiger partial charge >= 0.3 is 0 Å². The highest BCUT2D eigenvalue weighted by Gasteiger charge is 2.53. The van der Waals surface area contributed by atoms with Crippen molar-refractivity contribution in [3.63, 3.8) is 0 Å². The normalized spacial score (nSPS) is 14.9. The summed E-state index contributed by atoms with van der Waals surface area (Å²) in [6, 6.07) is 101. The Balaban J connectivity index is 0.789. The van der Waals surface area contributed by atoms with Gasteiger partial charge in [-0.2, -0.15) is 0 Å². The maximum Gasteiger partial charge on any atom is 0.0726 e. The van der Waals surface area contributed by atoms with Crippen molar-refractivity contribution in [2.24, 2.45) is 0 Å². The van der Waals surface area contributed by atoms with E-state index in [0.717, 1.165) is 45.3 Å². The fourth-order valence-corrected chi connectivity index (χ4v) is 14.8. The molecular formula is C78H56N2. The summed E-state index contributed by atoms with van der Waals surface area (Å²) < 4.78 is 0. The first-order chi connectivity index (χ1) is 39.3. The number of aryl methyl sites for hydroxylation is 4. The van der Waals surface area contributed by atoms with E-state index in [1.807, 2.05) is 0 Å². The van der Waals surface area contributed by atoms with Gasteiger partial charge in [-0.15, -0.1) is 0 Å². The van der Waals surface area contributed by atoms with Crippen LogP contribution in [0.5, 0.6) is 0 Å². The molecule has 0 fully saturated rings. The molecule has 0 bridgehead atoms. The molecule has 2 heteroatoms. The zero-order valence-electron chi connectivity index (χ0n) is 45.3. The zero-order chi connectivity index (χ0) is 53.4. The molecule has 1 atom stereocenters. The fraction of sp³-hybridized carbons (Fsp3) is 0.0769. The monoisotopic (exact) mass is 1020 g/mol. The Bertz CT molecular complexity index is 4460. The number of hydrogen-bond acceptors (Lipinski definition) is 2. The molecule has 0 amide bonds. The number of para-hydroxylation sites is 1. The Kier molecular flexibility index (Phi) is 10.1. The highest BCUT2D eigenvalue weighted by atomic mass is 15.1. The largest absolute Gasteiger partial charge is 0.310 e. The number of nitrogens with zero attached hydrogens (tertiary/aromatic N) is 2. The van der Waals surface area contributed by atoms with Crippen LogP contribution in [0.3, 0.4) is 0 Å². The smallest absolute Gasteiger partial charge is 0.0726 e. The van der Waals surface area contributed by atoms with Crippen molar-refractivity contribution < 1.29 is 0 Å². The lowest BCUT2D eigenvalue weighted by Gasteiger charge is -2.32. The van der Waals surface area contributed by atoms with Gasteiger partial charge < -0.3 is 9.80 Å².